The van der Waals surface area contributed by atoms with E-state index in [0.717, 1.165) is 42.4 Å². The minimum Gasteiger partial charge on any atom is -0.356 e. The van der Waals surface area contributed by atoms with E-state index in [0.29, 0.717) is 11.7 Å². The molecule has 0 radical (unpaired) electrons. The molecule has 4 rings (SSSR count). The Morgan fingerprint density at radius 1 is 1.22 bits per heavy atom. The molecule has 3 aromatic heterocycles. The Balaban J connectivity index is 1.50. The summed E-state index contributed by atoms with van der Waals surface area (Å²) in [5, 5.41) is 9.89. The van der Waals surface area contributed by atoms with Gasteiger partial charge in [-0.15, -0.1) is 11.3 Å². The molecule has 9 heteroatoms. The first-order chi connectivity index (χ1) is 13.1. The van der Waals surface area contributed by atoms with Gasteiger partial charge in [-0.25, -0.2) is 19.6 Å². The van der Waals surface area contributed by atoms with Crippen LogP contribution in [0.2, 0.25) is 0 Å². The fourth-order valence-electron chi connectivity index (χ4n) is 3.38. The maximum Gasteiger partial charge on any atom is 0.231 e. The Hall–Kier alpha value is -2.81. The number of hydrogen-bond acceptors (Lipinski definition) is 7. The Labute approximate surface area is 161 Å². The molecule has 0 bridgehead atoms. The predicted octanol–water partition coefficient (Wildman–Crippen LogP) is 2.59. The van der Waals surface area contributed by atoms with Crippen LogP contribution in [0.15, 0.2) is 30.0 Å². The van der Waals surface area contributed by atoms with Crippen LogP contribution in [0.1, 0.15) is 24.2 Å². The lowest BCUT2D eigenvalue weighted by Gasteiger charge is -2.32. The molecule has 1 fully saturated rings. The van der Waals surface area contributed by atoms with Gasteiger partial charge in [0.15, 0.2) is 10.9 Å². The fraction of sp³-hybridized carbons (Fsp3) is 0.389. The number of rotatable bonds is 4. The van der Waals surface area contributed by atoms with Crippen molar-refractivity contribution in [1.29, 1.82) is 0 Å². The van der Waals surface area contributed by atoms with Crippen LogP contribution in [-0.4, -0.2) is 43.7 Å². The van der Waals surface area contributed by atoms with Gasteiger partial charge >= 0.3 is 0 Å². The first kappa shape index (κ1) is 17.6. The summed E-state index contributed by atoms with van der Waals surface area (Å²) in [5.74, 6) is 1.48. The summed E-state index contributed by atoms with van der Waals surface area (Å²) in [6.07, 6.45) is 5.05. The fourth-order valence-corrected chi connectivity index (χ4v) is 3.91. The molecular weight excluding hydrogens is 362 g/mol. The van der Waals surface area contributed by atoms with Crippen LogP contribution in [0.4, 0.5) is 10.9 Å². The normalized spacial score (nSPS) is 17.1. The predicted molar refractivity (Wildman–Crippen MR) is 104 cm³/mol. The van der Waals surface area contributed by atoms with E-state index < -0.39 is 0 Å². The van der Waals surface area contributed by atoms with Crippen LogP contribution >= 0.6 is 11.3 Å². The second-order valence-corrected chi connectivity index (χ2v) is 7.58. The molecule has 1 N–H and O–H groups in total. The summed E-state index contributed by atoms with van der Waals surface area (Å²) in [7, 11) is 0. The number of piperidine rings is 1. The third-order valence-electron chi connectivity index (χ3n) is 4.64. The monoisotopic (exact) mass is 383 g/mol. The molecule has 4 heterocycles. The van der Waals surface area contributed by atoms with Gasteiger partial charge in [0.25, 0.3) is 0 Å². The number of nitrogens with zero attached hydrogens (tertiary/aromatic N) is 6. The average molecular weight is 383 g/mol. The Kier molecular flexibility index (Phi) is 4.85. The Morgan fingerprint density at radius 3 is 2.81 bits per heavy atom. The van der Waals surface area contributed by atoms with E-state index in [4.69, 9.17) is 0 Å². The van der Waals surface area contributed by atoms with E-state index in [1.54, 1.807) is 12.5 Å². The summed E-state index contributed by atoms with van der Waals surface area (Å²) >= 11 is 1.43. The largest absolute Gasteiger partial charge is 0.356 e. The smallest absolute Gasteiger partial charge is 0.231 e. The van der Waals surface area contributed by atoms with E-state index in [-0.39, 0.29) is 11.8 Å². The summed E-state index contributed by atoms with van der Waals surface area (Å²) in [5.41, 5.74) is 1.97. The van der Waals surface area contributed by atoms with Gasteiger partial charge in [-0.1, -0.05) is 0 Å². The third kappa shape index (κ3) is 3.82. The molecule has 27 heavy (non-hydrogen) atoms. The molecular formula is C18H21N7OS. The summed E-state index contributed by atoms with van der Waals surface area (Å²) in [4.78, 5) is 27.6. The van der Waals surface area contributed by atoms with E-state index in [9.17, 15) is 4.79 Å². The van der Waals surface area contributed by atoms with E-state index in [1.165, 1.54) is 11.3 Å². The number of amides is 1. The zero-order valence-electron chi connectivity index (χ0n) is 15.3. The van der Waals surface area contributed by atoms with Crippen molar-refractivity contribution in [2.75, 3.05) is 23.3 Å². The van der Waals surface area contributed by atoms with Crippen LogP contribution in [0.3, 0.4) is 0 Å². The first-order valence-corrected chi connectivity index (χ1v) is 9.79. The van der Waals surface area contributed by atoms with Gasteiger partial charge in [-0.2, -0.15) is 5.10 Å². The highest BCUT2D eigenvalue weighted by Crippen LogP contribution is 2.24. The topological polar surface area (TPSA) is 88.8 Å². The van der Waals surface area contributed by atoms with Crippen molar-refractivity contribution in [1.82, 2.24) is 24.7 Å². The molecule has 0 aliphatic carbocycles. The number of thiazole rings is 1. The number of aryl methyl sites for hydroxylation is 2. The number of aromatic nitrogens is 5. The van der Waals surface area contributed by atoms with Crippen LogP contribution in [-0.2, 0) is 4.79 Å². The molecule has 1 aliphatic rings. The maximum atomic E-state index is 12.6. The van der Waals surface area contributed by atoms with Crippen molar-refractivity contribution in [2.24, 2.45) is 5.92 Å². The van der Waals surface area contributed by atoms with Crippen LogP contribution in [0, 0.1) is 19.8 Å². The molecule has 8 nitrogen and oxygen atoms in total. The molecule has 0 spiro atoms. The Bertz CT molecular complexity index is 937. The van der Waals surface area contributed by atoms with Crippen molar-refractivity contribution in [2.45, 2.75) is 26.7 Å². The number of nitrogens with one attached hydrogen (secondary N) is 1. The molecule has 1 amide bonds. The lowest BCUT2D eigenvalue weighted by atomic mass is 9.97. The quantitative estimate of drug-likeness (QED) is 0.745. The number of hydrogen-bond donors (Lipinski definition) is 1. The molecule has 1 aliphatic heterocycles. The second-order valence-electron chi connectivity index (χ2n) is 6.68. The number of carbonyl (C=O) groups excluding carboxylic acids is 1. The van der Waals surface area contributed by atoms with Crippen molar-refractivity contribution >= 4 is 28.2 Å². The van der Waals surface area contributed by atoms with Gasteiger partial charge in [-0.3, -0.25) is 4.79 Å². The van der Waals surface area contributed by atoms with Crippen LogP contribution in [0.5, 0.6) is 0 Å². The van der Waals surface area contributed by atoms with Crippen molar-refractivity contribution < 1.29 is 4.79 Å². The number of anilines is 2. The SMILES string of the molecule is Cc1cc(C)n(-c2cc(N3CCCC(C(=O)Nc4nccs4)C3)ncn2)n1. The summed E-state index contributed by atoms with van der Waals surface area (Å²) < 4.78 is 1.82. The van der Waals surface area contributed by atoms with E-state index in [1.807, 2.05) is 36.0 Å². The maximum absolute atomic E-state index is 12.6. The van der Waals surface area contributed by atoms with Gasteiger partial charge in [0, 0.05) is 36.4 Å². The van der Waals surface area contributed by atoms with E-state index >= 15 is 0 Å². The standard InChI is InChI=1S/C18H21N7OS/c1-12-8-13(2)25(23-12)16-9-15(20-11-21-16)24-6-3-4-14(10-24)17(26)22-18-19-5-7-27-18/h5,7-9,11,14H,3-4,6,10H2,1-2H3,(H,19,22,26). The summed E-state index contributed by atoms with van der Waals surface area (Å²) in [6.45, 7) is 5.46. The average Bonchev–Trinajstić information content (AvgIpc) is 3.31. The van der Waals surface area contributed by atoms with Crippen molar-refractivity contribution in [3.8, 4) is 5.82 Å². The molecule has 0 aromatic carbocycles. The third-order valence-corrected chi connectivity index (χ3v) is 5.33. The first-order valence-electron chi connectivity index (χ1n) is 8.91. The van der Waals surface area contributed by atoms with Gasteiger partial charge in [0.1, 0.15) is 12.1 Å². The highest BCUT2D eigenvalue weighted by Gasteiger charge is 2.27. The summed E-state index contributed by atoms with van der Waals surface area (Å²) in [6, 6.07) is 3.95. The van der Waals surface area contributed by atoms with Crippen LogP contribution in [0.25, 0.3) is 5.82 Å². The molecule has 1 atom stereocenters. The van der Waals surface area contributed by atoms with E-state index in [2.05, 4.69) is 30.3 Å². The molecule has 140 valence electrons. The lowest BCUT2D eigenvalue weighted by molar-refractivity contribution is -0.120. The Morgan fingerprint density at radius 2 is 2.07 bits per heavy atom. The van der Waals surface area contributed by atoms with Gasteiger partial charge < -0.3 is 10.2 Å². The van der Waals surface area contributed by atoms with Crippen LogP contribution < -0.4 is 10.2 Å². The number of carbonyl (C=O) groups is 1. The van der Waals surface area contributed by atoms with Gasteiger partial charge in [0.05, 0.1) is 11.6 Å². The van der Waals surface area contributed by atoms with Gasteiger partial charge in [-0.05, 0) is 32.8 Å². The second kappa shape index (κ2) is 7.43. The molecule has 3 aromatic rings. The lowest BCUT2D eigenvalue weighted by Crippen LogP contribution is -2.41. The van der Waals surface area contributed by atoms with Crippen molar-refractivity contribution in [3.05, 3.63) is 41.4 Å². The highest BCUT2D eigenvalue weighted by molar-refractivity contribution is 7.13. The molecule has 1 unspecified atom stereocenters. The molecule has 1 saturated heterocycles. The minimum absolute atomic E-state index is 0.0162. The minimum atomic E-state index is -0.0882. The zero-order chi connectivity index (χ0) is 18.8. The van der Waals surface area contributed by atoms with Gasteiger partial charge in [0.2, 0.25) is 5.91 Å². The zero-order valence-corrected chi connectivity index (χ0v) is 16.1. The van der Waals surface area contributed by atoms with Crippen molar-refractivity contribution in [3.63, 3.8) is 0 Å². The molecule has 0 saturated carbocycles. The highest BCUT2D eigenvalue weighted by atomic mass is 32.1.